The van der Waals surface area contributed by atoms with Crippen molar-refractivity contribution in [2.45, 2.75) is 32.6 Å². The van der Waals surface area contributed by atoms with E-state index in [1.165, 1.54) is 22.4 Å². The van der Waals surface area contributed by atoms with E-state index in [9.17, 15) is 4.79 Å². The van der Waals surface area contributed by atoms with E-state index >= 15 is 0 Å². The first-order valence-corrected chi connectivity index (χ1v) is 7.93. The largest absolute Gasteiger partial charge is 0.385 e. The molecule has 1 aliphatic rings. The van der Waals surface area contributed by atoms with Gasteiger partial charge >= 0.3 is 0 Å². The molecular formula is C19H22N2O. The molecule has 0 aliphatic carbocycles. The highest BCUT2D eigenvalue weighted by Crippen LogP contribution is 2.25. The Morgan fingerprint density at radius 3 is 2.95 bits per heavy atom. The molecule has 0 spiro atoms. The van der Waals surface area contributed by atoms with Gasteiger partial charge in [-0.1, -0.05) is 24.3 Å². The van der Waals surface area contributed by atoms with Crippen molar-refractivity contribution in [3.05, 3.63) is 59.2 Å². The van der Waals surface area contributed by atoms with Gasteiger partial charge in [-0.05, 0) is 61.1 Å². The molecule has 0 fully saturated rings. The SMILES string of the molecule is Cc1ccccc1CCC(=O)Nc1ccc2c(c1)CCCN2. The number of hydrogen-bond donors (Lipinski definition) is 2. The summed E-state index contributed by atoms with van der Waals surface area (Å²) in [4.78, 5) is 12.1. The number of hydrogen-bond acceptors (Lipinski definition) is 2. The number of amides is 1. The summed E-state index contributed by atoms with van der Waals surface area (Å²) in [5.41, 5.74) is 5.88. The zero-order valence-corrected chi connectivity index (χ0v) is 13.0. The van der Waals surface area contributed by atoms with E-state index in [1.807, 2.05) is 18.2 Å². The van der Waals surface area contributed by atoms with Gasteiger partial charge in [0.15, 0.2) is 0 Å². The molecule has 2 N–H and O–H groups in total. The zero-order chi connectivity index (χ0) is 15.4. The summed E-state index contributed by atoms with van der Waals surface area (Å²) < 4.78 is 0. The van der Waals surface area contributed by atoms with Crippen LogP contribution in [0.5, 0.6) is 0 Å². The Balaban J connectivity index is 1.59. The number of nitrogens with one attached hydrogen (secondary N) is 2. The normalized spacial score (nSPS) is 13.1. The van der Waals surface area contributed by atoms with Crippen LogP contribution in [0, 0.1) is 6.92 Å². The summed E-state index contributed by atoms with van der Waals surface area (Å²) in [5, 5.41) is 6.40. The third-order valence-electron chi connectivity index (χ3n) is 4.21. The summed E-state index contributed by atoms with van der Waals surface area (Å²) in [6.07, 6.45) is 3.53. The number of rotatable bonds is 4. The van der Waals surface area contributed by atoms with Gasteiger partial charge in [-0.25, -0.2) is 0 Å². The Kier molecular flexibility index (Phi) is 4.42. The van der Waals surface area contributed by atoms with Crippen molar-refractivity contribution >= 4 is 17.3 Å². The average molecular weight is 294 g/mol. The van der Waals surface area contributed by atoms with E-state index in [0.29, 0.717) is 6.42 Å². The monoisotopic (exact) mass is 294 g/mol. The zero-order valence-electron chi connectivity index (χ0n) is 13.0. The minimum atomic E-state index is 0.0759. The second-order valence-electron chi connectivity index (χ2n) is 5.88. The molecule has 0 saturated carbocycles. The van der Waals surface area contributed by atoms with Gasteiger partial charge in [-0.2, -0.15) is 0 Å². The van der Waals surface area contributed by atoms with Crippen LogP contribution in [-0.2, 0) is 17.6 Å². The number of aryl methyl sites for hydroxylation is 3. The van der Waals surface area contributed by atoms with Crippen LogP contribution in [0.2, 0.25) is 0 Å². The quantitative estimate of drug-likeness (QED) is 0.897. The molecule has 0 bridgehead atoms. The van der Waals surface area contributed by atoms with Gasteiger partial charge in [0.1, 0.15) is 0 Å². The fourth-order valence-corrected chi connectivity index (χ4v) is 2.91. The van der Waals surface area contributed by atoms with Crippen LogP contribution in [0.15, 0.2) is 42.5 Å². The average Bonchev–Trinajstić information content (AvgIpc) is 2.54. The van der Waals surface area contributed by atoms with Crippen molar-refractivity contribution in [1.29, 1.82) is 0 Å². The lowest BCUT2D eigenvalue weighted by atomic mass is 10.0. The molecule has 0 radical (unpaired) electrons. The van der Waals surface area contributed by atoms with Crippen LogP contribution in [0.4, 0.5) is 11.4 Å². The summed E-state index contributed by atoms with van der Waals surface area (Å²) >= 11 is 0. The van der Waals surface area contributed by atoms with Gasteiger partial charge in [0, 0.05) is 24.3 Å². The molecule has 0 unspecified atom stereocenters. The Hall–Kier alpha value is -2.29. The maximum atomic E-state index is 12.1. The van der Waals surface area contributed by atoms with Crippen molar-refractivity contribution in [3.8, 4) is 0 Å². The van der Waals surface area contributed by atoms with Crippen molar-refractivity contribution < 1.29 is 4.79 Å². The molecule has 0 atom stereocenters. The van der Waals surface area contributed by atoms with Crippen LogP contribution in [0.3, 0.4) is 0 Å². The molecule has 2 aromatic carbocycles. The van der Waals surface area contributed by atoms with E-state index in [2.05, 4.69) is 41.8 Å². The van der Waals surface area contributed by atoms with Gasteiger partial charge in [0.05, 0.1) is 0 Å². The number of carbonyl (C=O) groups excluding carboxylic acids is 1. The fraction of sp³-hybridized carbons (Fsp3) is 0.316. The van der Waals surface area contributed by atoms with Crippen molar-refractivity contribution in [2.24, 2.45) is 0 Å². The number of fused-ring (bicyclic) bond motifs is 1. The summed E-state index contributed by atoms with van der Waals surface area (Å²) in [6.45, 7) is 3.12. The summed E-state index contributed by atoms with van der Waals surface area (Å²) in [6, 6.07) is 14.4. The molecule has 22 heavy (non-hydrogen) atoms. The lowest BCUT2D eigenvalue weighted by molar-refractivity contribution is -0.116. The first-order chi connectivity index (χ1) is 10.7. The molecule has 114 valence electrons. The van der Waals surface area contributed by atoms with Crippen LogP contribution in [-0.4, -0.2) is 12.5 Å². The van der Waals surface area contributed by atoms with E-state index in [-0.39, 0.29) is 5.91 Å². The third kappa shape index (κ3) is 3.48. The third-order valence-corrected chi connectivity index (χ3v) is 4.21. The first kappa shape index (κ1) is 14.6. The van der Waals surface area contributed by atoms with Crippen LogP contribution in [0.25, 0.3) is 0 Å². The summed E-state index contributed by atoms with van der Waals surface area (Å²) in [5.74, 6) is 0.0759. The maximum absolute atomic E-state index is 12.1. The van der Waals surface area contributed by atoms with Gasteiger partial charge in [-0.15, -0.1) is 0 Å². The molecule has 3 nitrogen and oxygen atoms in total. The smallest absolute Gasteiger partial charge is 0.224 e. The topological polar surface area (TPSA) is 41.1 Å². The number of anilines is 2. The standard InChI is InChI=1S/C19H22N2O/c1-14-5-2-3-6-15(14)8-11-19(22)21-17-9-10-18-16(13-17)7-4-12-20-18/h2-3,5-6,9-10,13,20H,4,7-8,11-12H2,1H3,(H,21,22). The van der Waals surface area contributed by atoms with Gasteiger partial charge in [0.25, 0.3) is 0 Å². The predicted molar refractivity (Wildman–Crippen MR) is 91.4 cm³/mol. The second kappa shape index (κ2) is 6.65. The molecule has 3 heteroatoms. The fourth-order valence-electron chi connectivity index (χ4n) is 2.91. The molecule has 3 rings (SSSR count). The highest BCUT2D eigenvalue weighted by Gasteiger charge is 2.10. The van der Waals surface area contributed by atoms with E-state index in [1.54, 1.807) is 0 Å². The summed E-state index contributed by atoms with van der Waals surface area (Å²) in [7, 11) is 0. The Bertz CT molecular complexity index is 679. The van der Waals surface area contributed by atoms with Gasteiger partial charge < -0.3 is 10.6 Å². The van der Waals surface area contributed by atoms with Crippen LogP contribution >= 0.6 is 0 Å². The lowest BCUT2D eigenvalue weighted by Crippen LogP contribution is -2.15. The Morgan fingerprint density at radius 2 is 2.09 bits per heavy atom. The van der Waals surface area contributed by atoms with Crippen molar-refractivity contribution in [2.75, 3.05) is 17.2 Å². The second-order valence-corrected chi connectivity index (χ2v) is 5.88. The Morgan fingerprint density at radius 1 is 1.23 bits per heavy atom. The first-order valence-electron chi connectivity index (χ1n) is 7.93. The minimum Gasteiger partial charge on any atom is -0.385 e. The predicted octanol–water partition coefficient (Wildman–Crippen LogP) is 3.92. The van der Waals surface area contributed by atoms with Crippen molar-refractivity contribution in [1.82, 2.24) is 0 Å². The molecule has 1 amide bonds. The van der Waals surface area contributed by atoms with Crippen LogP contribution < -0.4 is 10.6 Å². The molecule has 1 heterocycles. The van der Waals surface area contributed by atoms with E-state index < -0.39 is 0 Å². The van der Waals surface area contributed by atoms with E-state index in [4.69, 9.17) is 0 Å². The van der Waals surface area contributed by atoms with Gasteiger partial charge in [-0.3, -0.25) is 4.79 Å². The minimum absolute atomic E-state index is 0.0759. The lowest BCUT2D eigenvalue weighted by Gasteiger charge is -2.18. The highest BCUT2D eigenvalue weighted by atomic mass is 16.1. The Labute approximate surface area is 131 Å². The molecule has 0 aromatic heterocycles. The molecule has 0 saturated heterocycles. The molecule has 2 aromatic rings. The maximum Gasteiger partial charge on any atom is 0.224 e. The van der Waals surface area contributed by atoms with Crippen LogP contribution in [0.1, 0.15) is 29.5 Å². The van der Waals surface area contributed by atoms with E-state index in [0.717, 1.165) is 31.5 Å². The molecular weight excluding hydrogens is 272 g/mol. The number of carbonyl (C=O) groups is 1. The van der Waals surface area contributed by atoms with Gasteiger partial charge in [0.2, 0.25) is 5.91 Å². The highest BCUT2D eigenvalue weighted by molar-refractivity contribution is 5.91. The molecule has 1 aliphatic heterocycles. The van der Waals surface area contributed by atoms with Crippen molar-refractivity contribution in [3.63, 3.8) is 0 Å². The number of benzene rings is 2.